The molecule has 27 heavy (non-hydrogen) atoms. The molecule has 9 heteroatoms. The van der Waals surface area contributed by atoms with Gasteiger partial charge in [0.1, 0.15) is 10.6 Å². The lowest BCUT2D eigenvalue weighted by Crippen LogP contribution is -2.14. The predicted molar refractivity (Wildman–Crippen MR) is 102 cm³/mol. The highest BCUT2D eigenvalue weighted by molar-refractivity contribution is 7.92. The average Bonchev–Trinajstić information content (AvgIpc) is 3.12. The van der Waals surface area contributed by atoms with Crippen molar-refractivity contribution in [3.63, 3.8) is 0 Å². The molecule has 0 radical (unpaired) electrons. The highest BCUT2D eigenvalue weighted by atomic mass is 35.5. The Kier molecular flexibility index (Phi) is 4.47. The van der Waals surface area contributed by atoms with E-state index in [4.69, 9.17) is 16.0 Å². The predicted octanol–water partition coefficient (Wildman–Crippen LogP) is 4.40. The summed E-state index contributed by atoms with van der Waals surface area (Å²) in [6.07, 6.45) is 3.27. The number of rotatable bonds is 5. The number of aromatic amines is 1. The third-order valence-corrected chi connectivity index (χ3v) is 6.75. The van der Waals surface area contributed by atoms with Gasteiger partial charge in [-0.05, 0) is 51.0 Å². The summed E-state index contributed by atoms with van der Waals surface area (Å²) >= 11 is 5.85. The van der Waals surface area contributed by atoms with E-state index in [1.165, 1.54) is 6.42 Å². The van der Waals surface area contributed by atoms with Crippen molar-refractivity contribution in [1.82, 2.24) is 15.2 Å². The molecule has 1 aliphatic rings. The first-order valence-electron chi connectivity index (χ1n) is 8.66. The Morgan fingerprint density at radius 2 is 1.89 bits per heavy atom. The van der Waals surface area contributed by atoms with Crippen molar-refractivity contribution in [3.8, 4) is 11.6 Å². The van der Waals surface area contributed by atoms with E-state index in [1.807, 2.05) is 0 Å². The second-order valence-corrected chi connectivity index (χ2v) is 8.82. The van der Waals surface area contributed by atoms with E-state index in [2.05, 4.69) is 19.9 Å². The fraction of sp³-hybridized carbons (Fsp3) is 0.333. The molecule has 1 saturated carbocycles. The summed E-state index contributed by atoms with van der Waals surface area (Å²) in [6, 6.07) is 6.48. The molecule has 0 aliphatic heterocycles. The molecular weight excluding hydrogens is 388 g/mol. The summed E-state index contributed by atoms with van der Waals surface area (Å²) in [5, 5.41) is 8.76. The third-order valence-electron chi connectivity index (χ3n) is 4.84. The van der Waals surface area contributed by atoms with E-state index in [9.17, 15) is 8.42 Å². The first kappa shape index (κ1) is 18.1. The maximum Gasteiger partial charge on any atom is 0.264 e. The zero-order valence-electron chi connectivity index (χ0n) is 14.9. The van der Waals surface area contributed by atoms with Crippen molar-refractivity contribution in [2.75, 3.05) is 4.72 Å². The monoisotopic (exact) mass is 406 g/mol. The lowest BCUT2D eigenvalue weighted by molar-refractivity contribution is 0.338. The number of aryl methyl sites for hydroxylation is 1. The van der Waals surface area contributed by atoms with Gasteiger partial charge in [0.15, 0.2) is 0 Å². The van der Waals surface area contributed by atoms with Crippen LogP contribution in [0, 0.1) is 13.8 Å². The molecule has 3 aromatic rings. The molecule has 1 aliphatic carbocycles. The molecule has 0 saturated heterocycles. The Hall–Kier alpha value is -2.32. The van der Waals surface area contributed by atoms with Gasteiger partial charge in [-0.3, -0.25) is 4.72 Å². The number of hydrogen-bond acceptors (Lipinski definition) is 5. The lowest BCUT2D eigenvalue weighted by atomic mass is 9.85. The molecule has 2 N–H and O–H groups in total. The second-order valence-electron chi connectivity index (χ2n) is 6.76. The van der Waals surface area contributed by atoms with E-state index in [0.717, 1.165) is 12.8 Å². The standard InChI is InChI=1S/C18H19ClN4O3S/c1-10-15(18-22-21-17(26-18)12-4-3-5-12)20-11(2)16(10)27(24,25)23-14-8-6-13(19)7-9-14/h6-9,12,20,23H,3-5H2,1-2H3. The van der Waals surface area contributed by atoms with Crippen LogP contribution in [0.3, 0.4) is 0 Å². The summed E-state index contributed by atoms with van der Waals surface area (Å²) in [5.41, 5.74) is 2.01. The van der Waals surface area contributed by atoms with Gasteiger partial charge in [-0.2, -0.15) is 0 Å². The zero-order valence-corrected chi connectivity index (χ0v) is 16.5. The largest absolute Gasteiger partial charge is 0.419 e. The number of hydrogen-bond donors (Lipinski definition) is 2. The van der Waals surface area contributed by atoms with E-state index < -0.39 is 10.0 Å². The zero-order chi connectivity index (χ0) is 19.2. The third kappa shape index (κ3) is 3.35. The van der Waals surface area contributed by atoms with Gasteiger partial charge in [0.05, 0.1) is 0 Å². The number of sulfonamides is 1. The molecule has 7 nitrogen and oxygen atoms in total. The molecule has 0 unspecified atom stereocenters. The number of nitrogens with zero attached hydrogens (tertiary/aromatic N) is 2. The van der Waals surface area contributed by atoms with Crippen LogP contribution in [-0.4, -0.2) is 23.6 Å². The summed E-state index contributed by atoms with van der Waals surface area (Å²) in [5.74, 6) is 1.24. The van der Waals surface area contributed by atoms with Crippen LogP contribution in [0.25, 0.3) is 11.6 Å². The average molecular weight is 407 g/mol. The molecule has 2 heterocycles. The van der Waals surface area contributed by atoms with Crippen LogP contribution in [0.5, 0.6) is 0 Å². The summed E-state index contributed by atoms with van der Waals surface area (Å²) < 4.78 is 34.2. The molecule has 1 aromatic carbocycles. The maximum absolute atomic E-state index is 12.9. The summed E-state index contributed by atoms with van der Waals surface area (Å²) in [4.78, 5) is 3.26. The van der Waals surface area contributed by atoms with Gasteiger partial charge in [-0.15, -0.1) is 10.2 Å². The van der Waals surface area contributed by atoms with Crippen molar-refractivity contribution < 1.29 is 12.8 Å². The van der Waals surface area contributed by atoms with Crippen molar-refractivity contribution in [3.05, 3.63) is 46.4 Å². The van der Waals surface area contributed by atoms with Gasteiger partial charge in [0.2, 0.25) is 5.89 Å². The van der Waals surface area contributed by atoms with Gasteiger partial charge in [0.25, 0.3) is 15.9 Å². The van der Waals surface area contributed by atoms with Gasteiger partial charge >= 0.3 is 0 Å². The SMILES string of the molecule is Cc1[nH]c(-c2nnc(C3CCC3)o2)c(C)c1S(=O)(=O)Nc1ccc(Cl)cc1. The fourth-order valence-corrected chi connectivity index (χ4v) is 4.86. The second kappa shape index (κ2) is 6.69. The van der Waals surface area contributed by atoms with E-state index in [0.29, 0.717) is 45.4 Å². The van der Waals surface area contributed by atoms with Crippen LogP contribution in [0.15, 0.2) is 33.6 Å². The molecular formula is C18H19ClN4O3S. The topological polar surface area (TPSA) is 101 Å². The Bertz CT molecular complexity index is 1080. The highest BCUT2D eigenvalue weighted by Crippen LogP contribution is 2.37. The van der Waals surface area contributed by atoms with Crippen LogP contribution in [0.4, 0.5) is 5.69 Å². The van der Waals surface area contributed by atoms with Crippen molar-refractivity contribution in [2.45, 2.75) is 43.9 Å². The Balaban J connectivity index is 1.67. The Labute approximate surface area is 162 Å². The smallest absolute Gasteiger partial charge is 0.264 e. The number of nitrogens with one attached hydrogen (secondary N) is 2. The van der Waals surface area contributed by atoms with Gasteiger partial charge in [0, 0.05) is 27.9 Å². The van der Waals surface area contributed by atoms with Crippen molar-refractivity contribution in [2.24, 2.45) is 0 Å². The molecule has 0 spiro atoms. The highest BCUT2D eigenvalue weighted by Gasteiger charge is 2.29. The molecule has 2 aromatic heterocycles. The van der Waals surface area contributed by atoms with Crippen LogP contribution in [0.2, 0.25) is 5.02 Å². The number of benzene rings is 1. The minimum Gasteiger partial charge on any atom is -0.419 e. The minimum absolute atomic E-state index is 0.177. The van der Waals surface area contributed by atoms with Gasteiger partial charge in [-0.1, -0.05) is 18.0 Å². The van der Waals surface area contributed by atoms with E-state index in [1.54, 1.807) is 38.1 Å². The normalized spacial score (nSPS) is 14.9. The number of halogens is 1. The van der Waals surface area contributed by atoms with Crippen LogP contribution < -0.4 is 4.72 Å². The van der Waals surface area contributed by atoms with Crippen LogP contribution in [-0.2, 0) is 10.0 Å². The Morgan fingerprint density at radius 3 is 2.52 bits per heavy atom. The molecule has 0 bridgehead atoms. The van der Waals surface area contributed by atoms with E-state index >= 15 is 0 Å². The Morgan fingerprint density at radius 1 is 1.19 bits per heavy atom. The van der Waals surface area contributed by atoms with Gasteiger partial charge < -0.3 is 9.40 Å². The quantitative estimate of drug-likeness (QED) is 0.653. The van der Waals surface area contributed by atoms with Crippen LogP contribution in [0.1, 0.15) is 42.3 Å². The van der Waals surface area contributed by atoms with Crippen molar-refractivity contribution in [1.29, 1.82) is 0 Å². The fourth-order valence-electron chi connectivity index (χ4n) is 3.23. The number of H-pyrrole nitrogens is 1. The van der Waals surface area contributed by atoms with Crippen molar-refractivity contribution >= 4 is 27.3 Å². The first-order valence-corrected chi connectivity index (χ1v) is 10.5. The molecule has 142 valence electrons. The van der Waals surface area contributed by atoms with Gasteiger partial charge in [-0.25, -0.2) is 8.42 Å². The molecule has 1 fully saturated rings. The minimum atomic E-state index is -3.79. The lowest BCUT2D eigenvalue weighted by Gasteiger charge is -2.20. The molecule has 0 amide bonds. The first-order chi connectivity index (χ1) is 12.8. The summed E-state index contributed by atoms with van der Waals surface area (Å²) in [7, 11) is -3.79. The molecule has 4 rings (SSSR count). The summed E-state index contributed by atoms with van der Waals surface area (Å²) in [6.45, 7) is 3.43. The van der Waals surface area contributed by atoms with E-state index in [-0.39, 0.29) is 4.90 Å². The van der Waals surface area contributed by atoms with Crippen LogP contribution >= 0.6 is 11.6 Å². The maximum atomic E-state index is 12.9. The number of aromatic nitrogens is 3. The molecule has 0 atom stereocenters. The number of anilines is 1.